The minimum atomic E-state index is -0.318. The van der Waals surface area contributed by atoms with Crippen LogP contribution in [0.3, 0.4) is 0 Å². The summed E-state index contributed by atoms with van der Waals surface area (Å²) in [6.45, 7) is 1.81. The van der Waals surface area contributed by atoms with Crippen LogP contribution in [0.5, 0.6) is 0 Å². The Morgan fingerprint density at radius 3 is 2.56 bits per heavy atom. The van der Waals surface area contributed by atoms with Crippen LogP contribution in [-0.2, 0) is 25.7 Å². The Hall–Kier alpha value is -2.23. The zero-order valence-corrected chi connectivity index (χ0v) is 16.2. The molecule has 3 aromatic rings. The molecule has 0 saturated carbocycles. The Labute approximate surface area is 165 Å². The highest BCUT2D eigenvalue weighted by Gasteiger charge is 2.20. The molecule has 0 saturated heterocycles. The maximum atomic E-state index is 9.55. The van der Waals surface area contributed by atoms with Crippen molar-refractivity contribution in [2.45, 2.75) is 45.1 Å². The molecular weight excluding hydrogens is 356 g/mol. The molecule has 0 aliphatic heterocycles. The zero-order valence-electron chi connectivity index (χ0n) is 15.5. The second kappa shape index (κ2) is 7.79. The van der Waals surface area contributed by atoms with Crippen molar-refractivity contribution < 1.29 is 5.11 Å². The van der Waals surface area contributed by atoms with E-state index >= 15 is 0 Å². The molecule has 0 bridgehead atoms. The van der Waals surface area contributed by atoms with Crippen molar-refractivity contribution in [1.82, 2.24) is 9.97 Å². The van der Waals surface area contributed by atoms with Crippen molar-refractivity contribution in [2.75, 3.05) is 0 Å². The van der Waals surface area contributed by atoms with Crippen LogP contribution in [0.4, 0.5) is 0 Å². The predicted octanol–water partition coefficient (Wildman–Crippen LogP) is 4.80. The van der Waals surface area contributed by atoms with Crippen molar-refractivity contribution in [2.24, 2.45) is 0 Å². The van der Waals surface area contributed by atoms with E-state index in [1.807, 2.05) is 31.2 Å². The summed E-state index contributed by atoms with van der Waals surface area (Å²) in [6, 6.07) is 16.2. The lowest BCUT2D eigenvalue weighted by atomic mass is 10.0. The van der Waals surface area contributed by atoms with E-state index < -0.39 is 0 Å². The molecular formula is C23H23ClN2O. The summed E-state index contributed by atoms with van der Waals surface area (Å²) in [5.74, 6) is 0.763. The van der Waals surface area contributed by atoms with E-state index in [1.54, 1.807) is 0 Å². The van der Waals surface area contributed by atoms with Crippen molar-refractivity contribution >= 4 is 11.6 Å². The number of aromatic nitrogens is 2. The normalized spacial score (nSPS) is 14.2. The first-order chi connectivity index (χ1) is 13.1. The lowest BCUT2D eigenvalue weighted by molar-refractivity contribution is 0.195. The van der Waals surface area contributed by atoms with Crippen LogP contribution in [0.1, 0.15) is 41.4 Å². The first kappa shape index (κ1) is 18.1. The summed E-state index contributed by atoms with van der Waals surface area (Å²) in [6.07, 6.45) is 4.38. The van der Waals surface area contributed by atoms with Crippen LogP contribution >= 0.6 is 11.6 Å². The topological polar surface area (TPSA) is 46.0 Å². The van der Waals surface area contributed by atoms with E-state index in [0.29, 0.717) is 11.4 Å². The molecule has 0 amide bonds. The van der Waals surface area contributed by atoms with Crippen molar-refractivity contribution in [3.63, 3.8) is 0 Å². The molecule has 1 heterocycles. The molecule has 4 heteroatoms. The van der Waals surface area contributed by atoms with Crippen LogP contribution in [0.2, 0.25) is 5.02 Å². The van der Waals surface area contributed by atoms with Crippen LogP contribution in [0.15, 0.2) is 48.5 Å². The van der Waals surface area contributed by atoms with Crippen molar-refractivity contribution in [3.8, 4) is 11.4 Å². The molecule has 0 radical (unpaired) electrons. The molecule has 138 valence electrons. The number of nitrogens with zero attached hydrogens (tertiary/aromatic N) is 2. The fraction of sp³-hybridized carbons (Fsp3) is 0.304. The SMILES string of the molecule is C[C@@H](O)Cc1ccc(Cc2nc(-c3cccc(Cl)c3)nc3c2CCC3)cc1. The number of rotatable bonds is 5. The number of aliphatic hydroxyl groups excluding tert-OH is 1. The van der Waals surface area contributed by atoms with Crippen LogP contribution in [0.25, 0.3) is 11.4 Å². The second-order valence-corrected chi connectivity index (χ2v) is 7.77. The summed E-state index contributed by atoms with van der Waals surface area (Å²) in [4.78, 5) is 9.73. The van der Waals surface area contributed by atoms with Gasteiger partial charge in [-0.3, -0.25) is 0 Å². The van der Waals surface area contributed by atoms with E-state index in [-0.39, 0.29) is 6.10 Å². The third-order valence-electron chi connectivity index (χ3n) is 5.03. The molecule has 1 aliphatic rings. The lowest BCUT2D eigenvalue weighted by Crippen LogP contribution is -2.05. The van der Waals surface area contributed by atoms with E-state index in [1.165, 1.54) is 16.8 Å². The largest absolute Gasteiger partial charge is 0.393 e. The predicted molar refractivity (Wildman–Crippen MR) is 109 cm³/mol. The van der Waals surface area contributed by atoms with Gasteiger partial charge in [-0.15, -0.1) is 0 Å². The highest BCUT2D eigenvalue weighted by atomic mass is 35.5. The van der Waals surface area contributed by atoms with Gasteiger partial charge in [0, 0.05) is 22.7 Å². The van der Waals surface area contributed by atoms with Gasteiger partial charge >= 0.3 is 0 Å². The molecule has 4 rings (SSSR count). The van der Waals surface area contributed by atoms with Gasteiger partial charge in [-0.05, 0) is 61.4 Å². The fourth-order valence-corrected chi connectivity index (χ4v) is 3.93. The fourth-order valence-electron chi connectivity index (χ4n) is 3.74. The summed E-state index contributed by atoms with van der Waals surface area (Å²) in [5, 5.41) is 10.2. The van der Waals surface area contributed by atoms with Gasteiger partial charge in [-0.25, -0.2) is 9.97 Å². The number of benzene rings is 2. The number of halogens is 1. The molecule has 27 heavy (non-hydrogen) atoms. The third-order valence-corrected chi connectivity index (χ3v) is 5.26. The highest BCUT2D eigenvalue weighted by Crippen LogP contribution is 2.28. The van der Waals surface area contributed by atoms with Gasteiger partial charge in [-0.1, -0.05) is 48.0 Å². The van der Waals surface area contributed by atoms with Gasteiger partial charge < -0.3 is 5.11 Å². The Bertz CT molecular complexity index is 951. The van der Waals surface area contributed by atoms with Gasteiger partial charge in [0.1, 0.15) is 0 Å². The standard InChI is InChI=1S/C23H23ClN2O/c1-15(27)12-16-8-10-17(11-9-16)13-22-20-6-3-7-21(20)25-23(26-22)18-4-2-5-19(24)14-18/h2,4-5,8-11,14-15,27H,3,6-7,12-13H2,1H3/t15-/m1/s1. The van der Waals surface area contributed by atoms with Crippen molar-refractivity contribution in [1.29, 1.82) is 0 Å². The van der Waals surface area contributed by atoms with E-state index in [9.17, 15) is 5.11 Å². The Balaban J connectivity index is 1.66. The average molecular weight is 379 g/mol. The molecule has 0 spiro atoms. The van der Waals surface area contributed by atoms with E-state index in [4.69, 9.17) is 21.6 Å². The molecule has 1 N–H and O–H groups in total. The van der Waals surface area contributed by atoms with E-state index in [0.717, 1.165) is 48.3 Å². The van der Waals surface area contributed by atoms with Gasteiger partial charge in [-0.2, -0.15) is 0 Å². The summed E-state index contributed by atoms with van der Waals surface area (Å²) in [5.41, 5.74) is 6.96. The maximum absolute atomic E-state index is 9.55. The van der Waals surface area contributed by atoms with Gasteiger partial charge in [0.15, 0.2) is 5.82 Å². The Morgan fingerprint density at radius 1 is 1.04 bits per heavy atom. The molecule has 3 nitrogen and oxygen atoms in total. The number of hydrogen-bond donors (Lipinski definition) is 1. The molecule has 2 aromatic carbocycles. The Kier molecular flexibility index (Phi) is 5.24. The zero-order chi connectivity index (χ0) is 18.8. The summed E-state index contributed by atoms with van der Waals surface area (Å²) >= 11 is 6.16. The molecule has 1 aromatic heterocycles. The maximum Gasteiger partial charge on any atom is 0.159 e. The summed E-state index contributed by atoms with van der Waals surface area (Å²) in [7, 11) is 0. The van der Waals surface area contributed by atoms with Gasteiger partial charge in [0.2, 0.25) is 0 Å². The van der Waals surface area contributed by atoms with Gasteiger partial charge in [0.05, 0.1) is 11.8 Å². The van der Waals surface area contributed by atoms with Crippen molar-refractivity contribution in [3.05, 3.63) is 81.6 Å². The number of aliphatic hydroxyl groups is 1. The minimum absolute atomic E-state index is 0.318. The third kappa shape index (κ3) is 4.20. The smallest absolute Gasteiger partial charge is 0.159 e. The van der Waals surface area contributed by atoms with E-state index in [2.05, 4.69) is 24.3 Å². The first-order valence-electron chi connectivity index (χ1n) is 9.49. The molecule has 1 aliphatic carbocycles. The lowest BCUT2D eigenvalue weighted by Gasteiger charge is -2.11. The number of aryl methyl sites for hydroxylation is 1. The molecule has 1 atom stereocenters. The summed E-state index contributed by atoms with van der Waals surface area (Å²) < 4.78 is 0. The Morgan fingerprint density at radius 2 is 1.81 bits per heavy atom. The van der Waals surface area contributed by atoms with Crippen LogP contribution in [0, 0.1) is 0 Å². The highest BCUT2D eigenvalue weighted by molar-refractivity contribution is 6.30. The first-order valence-corrected chi connectivity index (χ1v) is 9.87. The average Bonchev–Trinajstić information content (AvgIpc) is 3.12. The molecule has 0 unspecified atom stereocenters. The quantitative estimate of drug-likeness (QED) is 0.693. The van der Waals surface area contributed by atoms with Crippen LogP contribution in [-0.4, -0.2) is 21.2 Å². The molecule has 0 fully saturated rings. The second-order valence-electron chi connectivity index (χ2n) is 7.33. The minimum Gasteiger partial charge on any atom is -0.393 e. The monoisotopic (exact) mass is 378 g/mol. The van der Waals surface area contributed by atoms with Gasteiger partial charge in [0.25, 0.3) is 0 Å². The number of fused-ring (bicyclic) bond motifs is 1. The van der Waals surface area contributed by atoms with Crippen LogP contribution < -0.4 is 0 Å². The number of hydrogen-bond acceptors (Lipinski definition) is 3.